The van der Waals surface area contributed by atoms with Gasteiger partial charge in [-0.3, -0.25) is 0 Å². The van der Waals surface area contributed by atoms with Gasteiger partial charge in [0.25, 0.3) is 0 Å². The van der Waals surface area contributed by atoms with E-state index in [2.05, 4.69) is 9.82 Å². The fourth-order valence-electron chi connectivity index (χ4n) is 3.18. The van der Waals surface area contributed by atoms with Crippen molar-refractivity contribution < 1.29 is 12.8 Å². The lowest BCUT2D eigenvalue weighted by atomic mass is 10.1. The first-order valence-corrected chi connectivity index (χ1v) is 11.1. The lowest BCUT2D eigenvalue weighted by Crippen LogP contribution is -2.24. The van der Waals surface area contributed by atoms with Crippen molar-refractivity contribution in [1.82, 2.24) is 14.5 Å². The smallest absolute Gasteiger partial charge is 0.216 e. The molecule has 0 radical (unpaired) electrons. The number of halogens is 1. The Hall–Kier alpha value is -3.29. The van der Waals surface area contributed by atoms with E-state index < -0.39 is 15.8 Å². The first-order valence-electron chi connectivity index (χ1n) is 9.41. The summed E-state index contributed by atoms with van der Waals surface area (Å²) in [5.41, 5.74) is 3.61. The molecule has 0 aliphatic carbocycles. The second-order valence-corrected chi connectivity index (χ2v) is 8.67. The van der Waals surface area contributed by atoms with Crippen LogP contribution in [-0.2, 0) is 22.3 Å². The molecule has 0 fully saturated rings. The predicted octanol–water partition coefficient (Wildman–Crippen LogP) is 4.30. The maximum absolute atomic E-state index is 13.4. The molecular formula is C23H20FN3O2S. The van der Waals surface area contributed by atoms with E-state index in [9.17, 15) is 12.8 Å². The topological polar surface area (TPSA) is 64.0 Å². The molecule has 0 spiro atoms. The van der Waals surface area contributed by atoms with Gasteiger partial charge in [0, 0.05) is 23.9 Å². The van der Waals surface area contributed by atoms with Gasteiger partial charge in [-0.1, -0.05) is 60.7 Å². The molecule has 7 heteroatoms. The molecule has 0 aliphatic rings. The highest BCUT2D eigenvalue weighted by atomic mass is 32.2. The molecule has 0 unspecified atom stereocenters. The van der Waals surface area contributed by atoms with Crippen molar-refractivity contribution in [2.75, 3.05) is 0 Å². The average Bonchev–Trinajstić information content (AvgIpc) is 3.18. The zero-order valence-electron chi connectivity index (χ0n) is 16.1. The molecule has 1 heterocycles. The fraction of sp³-hybridized carbons (Fsp3) is 0.0870. The molecule has 152 valence electrons. The van der Waals surface area contributed by atoms with Crippen LogP contribution in [0.4, 0.5) is 4.39 Å². The summed E-state index contributed by atoms with van der Waals surface area (Å²) in [6, 6.07) is 24.8. The van der Waals surface area contributed by atoms with Gasteiger partial charge < -0.3 is 0 Å². The van der Waals surface area contributed by atoms with Gasteiger partial charge in [-0.05, 0) is 29.8 Å². The van der Waals surface area contributed by atoms with Crippen molar-refractivity contribution in [3.63, 3.8) is 0 Å². The summed E-state index contributed by atoms with van der Waals surface area (Å²) in [4.78, 5) is 0. The van der Waals surface area contributed by atoms with Crippen LogP contribution in [0.15, 0.2) is 91.1 Å². The van der Waals surface area contributed by atoms with E-state index in [1.807, 2.05) is 66.9 Å². The van der Waals surface area contributed by atoms with Crippen LogP contribution in [0.1, 0.15) is 11.1 Å². The molecule has 0 saturated carbocycles. The van der Waals surface area contributed by atoms with Crippen molar-refractivity contribution in [1.29, 1.82) is 0 Å². The van der Waals surface area contributed by atoms with Crippen molar-refractivity contribution in [3.05, 3.63) is 108 Å². The van der Waals surface area contributed by atoms with Gasteiger partial charge in [0.15, 0.2) is 0 Å². The van der Waals surface area contributed by atoms with Crippen molar-refractivity contribution >= 4 is 10.0 Å². The first-order chi connectivity index (χ1) is 14.5. The summed E-state index contributed by atoms with van der Waals surface area (Å²) in [5, 5.41) is 4.68. The van der Waals surface area contributed by atoms with Crippen LogP contribution in [-0.4, -0.2) is 18.2 Å². The third-order valence-corrected chi connectivity index (χ3v) is 5.88. The third kappa shape index (κ3) is 4.82. The zero-order valence-corrected chi connectivity index (χ0v) is 16.9. The molecular weight excluding hydrogens is 401 g/mol. The Bertz CT molecular complexity index is 1240. The third-order valence-electron chi connectivity index (χ3n) is 4.59. The second kappa shape index (κ2) is 8.61. The monoisotopic (exact) mass is 421 g/mol. The lowest BCUT2D eigenvalue weighted by Gasteiger charge is -2.07. The number of nitrogens with zero attached hydrogens (tertiary/aromatic N) is 2. The molecule has 30 heavy (non-hydrogen) atoms. The molecule has 1 aromatic heterocycles. The van der Waals surface area contributed by atoms with Gasteiger partial charge in [-0.25, -0.2) is 22.2 Å². The van der Waals surface area contributed by atoms with E-state index in [1.54, 1.807) is 10.7 Å². The Morgan fingerprint density at radius 3 is 2.30 bits per heavy atom. The molecule has 3 aromatic carbocycles. The summed E-state index contributed by atoms with van der Waals surface area (Å²) in [7, 11) is -3.66. The average molecular weight is 421 g/mol. The summed E-state index contributed by atoms with van der Waals surface area (Å²) < 4.78 is 42.8. The SMILES string of the molecule is O=S(=O)(Cc1cccc(F)c1)NCc1cn(-c2ccccc2)nc1-c1ccccc1. The molecule has 1 N–H and O–H groups in total. The summed E-state index contributed by atoms with van der Waals surface area (Å²) in [5.74, 6) is -0.753. The van der Waals surface area contributed by atoms with E-state index in [0.717, 1.165) is 16.8 Å². The van der Waals surface area contributed by atoms with Gasteiger partial charge in [-0.2, -0.15) is 5.10 Å². The molecule has 0 amide bonds. The van der Waals surface area contributed by atoms with Crippen LogP contribution >= 0.6 is 0 Å². The maximum atomic E-state index is 13.4. The van der Waals surface area contributed by atoms with Crippen molar-refractivity contribution in [3.8, 4) is 16.9 Å². The Kier molecular flexibility index (Phi) is 5.74. The largest absolute Gasteiger partial charge is 0.240 e. The Morgan fingerprint density at radius 2 is 1.60 bits per heavy atom. The molecule has 0 atom stereocenters. The van der Waals surface area contributed by atoms with E-state index >= 15 is 0 Å². The summed E-state index contributed by atoms with van der Waals surface area (Å²) >= 11 is 0. The number of hydrogen-bond acceptors (Lipinski definition) is 3. The Morgan fingerprint density at radius 1 is 0.900 bits per heavy atom. The number of nitrogens with one attached hydrogen (secondary N) is 1. The van der Waals surface area contributed by atoms with E-state index in [1.165, 1.54) is 18.2 Å². The van der Waals surface area contributed by atoms with E-state index in [-0.39, 0.29) is 12.3 Å². The van der Waals surface area contributed by atoms with Gasteiger partial charge in [0.1, 0.15) is 5.82 Å². The Balaban J connectivity index is 1.60. The van der Waals surface area contributed by atoms with Gasteiger partial charge >= 0.3 is 0 Å². The summed E-state index contributed by atoms with van der Waals surface area (Å²) in [6.45, 7) is 0.0781. The maximum Gasteiger partial charge on any atom is 0.216 e. The Labute approximate surface area is 174 Å². The number of para-hydroxylation sites is 1. The van der Waals surface area contributed by atoms with Crippen LogP contribution in [0, 0.1) is 5.82 Å². The normalized spacial score (nSPS) is 11.5. The number of hydrogen-bond donors (Lipinski definition) is 1. The lowest BCUT2D eigenvalue weighted by molar-refractivity contribution is 0.580. The van der Waals surface area contributed by atoms with Crippen molar-refractivity contribution in [2.24, 2.45) is 0 Å². The van der Waals surface area contributed by atoms with Crippen molar-refractivity contribution in [2.45, 2.75) is 12.3 Å². The van der Waals surface area contributed by atoms with E-state index in [4.69, 9.17) is 0 Å². The van der Waals surface area contributed by atoms with Crippen LogP contribution in [0.25, 0.3) is 16.9 Å². The highest BCUT2D eigenvalue weighted by molar-refractivity contribution is 7.88. The van der Waals surface area contributed by atoms with Gasteiger partial charge in [0.2, 0.25) is 10.0 Å². The molecule has 0 bridgehead atoms. The predicted molar refractivity (Wildman–Crippen MR) is 115 cm³/mol. The van der Waals surface area contributed by atoms with Gasteiger partial charge in [0.05, 0.1) is 17.1 Å². The second-order valence-electron chi connectivity index (χ2n) is 6.86. The first kappa shape index (κ1) is 20.0. The fourth-order valence-corrected chi connectivity index (χ4v) is 4.27. The number of sulfonamides is 1. The van der Waals surface area contributed by atoms with Crippen LogP contribution < -0.4 is 4.72 Å². The minimum absolute atomic E-state index is 0.0781. The summed E-state index contributed by atoms with van der Waals surface area (Å²) in [6.07, 6.45) is 1.82. The number of rotatable bonds is 7. The molecule has 5 nitrogen and oxygen atoms in total. The minimum Gasteiger partial charge on any atom is -0.240 e. The van der Waals surface area contributed by atoms with Gasteiger partial charge in [-0.15, -0.1) is 0 Å². The minimum atomic E-state index is -3.66. The molecule has 0 saturated heterocycles. The zero-order chi connectivity index (χ0) is 21.0. The van der Waals surface area contributed by atoms with Crippen LogP contribution in [0.3, 0.4) is 0 Å². The number of aromatic nitrogens is 2. The highest BCUT2D eigenvalue weighted by Crippen LogP contribution is 2.24. The van der Waals surface area contributed by atoms with E-state index in [0.29, 0.717) is 11.3 Å². The molecule has 0 aliphatic heterocycles. The highest BCUT2D eigenvalue weighted by Gasteiger charge is 2.16. The van der Waals surface area contributed by atoms with Crippen LogP contribution in [0.5, 0.6) is 0 Å². The standard InChI is InChI=1S/C23H20FN3O2S/c24-21-11-7-8-18(14-21)17-30(28,29)25-15-20-16-27(22-12-5-2-6-13-22)26-23(20)19-9-3-1-4-10-19/h1-14,16,25H,15,17H2. The molecule has 4 aromatic rings. The number of benzene rings is 3. The molecule has 4 rings (SSSR count). The quantitative estimate of drug-likeness (QED) is 0.484. The van der Waals surface area contributed by atoms with Crippen LogP contribution in [0.2, 0.25) is 0 Å².